The fourth-order valence-electron chi connectivity index (χ4n) is 2.71. The number of hydrogen-bond acceptors (Lipinski definition) is 4. The Bertz CT molecular complexity index is 743. The lowest BCUT2D eigenvalue weighted by atomic mass is 9.80. The van der Waals surface area contributed by atoms with Crippen molar-refractivity contribution in [3.63, 3.8) is 0 Å². The van der Waals surface area contributed by atoms with E-state index in [2.05, 4.69) is 48.4 Å². The summed E-state index contributed by atoms with van der Waals surface area (Å²) in [6.45, 7) is 5.07. The molecule has 0 fully saturated rings. The maximum absolute atomic E-state index is 9.13. The Morgan fingerprint density at radius 3 is 2.20 bits per heavy atom. The van der Waals surface area contributed by atoms with E-state index in [9.17, 15) is 0 Å². The Labute approximate surface area is 148 Å². The molecule has 0 saturated heterocycles. The van der Waals surface area contributed by atoms with E-state index in [1.165, 1.54) is 11.1 Å². The van der Waals surface area contributed by atoms with Gasteiger partial charge in [0.1, 0.15) is 0 Å². The highest BCUT2D eigenvalue weighted by atomic mass is 16.4. The van der Waals surface area contributed by atoms with Gasteiger partial charge in [-0.05, 0) is 28.1 Å². The van der Waals surface area contributed by atoms with Crippen molar-refractivity contribution in [2.75, 3.05) is 0 Å². The van der Waals surface area contributed by atoms with E-state index in [-0.39, 0.29) is 0 Å². The molecule has 3 aromatic rings. The summed E-state index contributed by atoms with van der Waals surface area (Å²) in [6.07, 6.45) is 2.61. The van der Waals surface area contributed by atoms with Crippen molar-refractivity contribution in [3.05, 3.63) is 77.1 Å². The average Bonchev–Trinajstić information content (AvgIpc) is 3.02. The van der Waals surface area contributed by atoms with Crippen LogP contribution < -0.4 is 5.46 Å². The van der Waals surface area contributed by atoms with Gasteiger partial charge < -0.3 is 10.0 Å². The van der Waals surface area contributed by atoms with Crippen molar-refractivity contribution < 1.29 is 10.0 Å². The summed E-state index contributed by atoms with van der Waals surface area (Å²) in [5.74, 6) is 0.533. The molecule has 0 aliphatic carbocycles. The van der Waals surface area contributed by atoms with Gasteiger partial charge in [-0.1, -0.05) is 67.6 Å². The van der Waals surface area contributed by atoms with E-state index >= 15 is 0 Å². The largest absolute Gasteiger partial charge is 0.488 e. The van der Waals surface area contributed by atoms with Gasteiger partial charge in [-0.15, -0.1) is 5.10 Å². The van der Waals surface area contributed by atoms with E-state index in [0.717, 1.165) is 11.3 Å². The van der Waals surface area contributed by atoms with Gasteiger partial charge in [0.25, 0.3) is 0 Å². The summed E-state index contributed by atoms with van der Waals surface area (Å²) in [6, 6.07) is 15.8. The van der Waals surface area contributed by atoms with Crippen LogP contribution in [0.4, 0.5) is 0 Å². The second-order valence-electron chi connectivity index (χ2n) is 6.60. The average molecular weight is 335 g/mol. The molecule has 2 N–H and O–H groups in total. The second kappa shape index (κ2) is 7.63. The molecule has 2 aromatic carbocycles. The number of benzene rings is 2. The number of aromatic nitrogens is 3. The lowest BCUT2D eigenvalue weighted by Gasteiger charge is -2.06. The van der Waals surface area contributed by atoms with Gasteiger partial charge in [-0.2, -0.15) is 0 Å². The molecule has 0 unspecified atom stereocenters. The first kappa shape index (κ1) is 17.4. The van der Waals surface area contributed by atoms with Crippen LogP contribution >= 0.6 is 0 Å². The zero-order chi connectivity index (χ0) is 17.8. The van der Waals surface area contributed by atoms with E-state index in [0.29, 0.717) is 24.3 Å². The molecule has 5 nitrogen and oxygen atoms in total. The predicted octanol–water partition coefficient (Wildman–Crippen LogP) is 1.72. The summed E-state index contributed by atoms with van der Waals surface area (Å²) in [7, 11) is -1.43. The highest BCUT2D eigenvalue weighted by Crippen LogP contribution is 2.15. The number of nitrogens with zero attached hydrogens (tertiary/aromatic N) is 3. The minimum Gasteiger partial charge on any atom is -0.423 e. The first-order chi connectivity index (χ1) is 12.0. The zero-order valence-electron chi connectivity index (χ0n) is 14.5. The quantitative estimate of drug-likeness (QED) is 0.673. The summed E-state index contributed by atoms with van der Waals surface area (Å²) in [4.78, 5) is 0. The van der Waals surface area contributed by atoms with Gasteiger partial charge in [0.15, 0.2) is 0 Å². The Morgan fingerprint density at radius 2 is 1.60 bits per heavy atom. The summed E-state index contributed by atoms with van der Waals surface area (Å²) in [5, 5.41) is 26.7. The van der Waals surface area contributed by atoms with Gasteiger partial charge in [0.05, 0.1) is 12.2 Å². The fourth-order valence-corrected chi connectivity index (χ4v) is 2.71. The predicted molar refractivity (Wildman–Crippen MR) is 98.7 cm³/mol. The normalized spacial score (nSPS) is 11.1. The Morgan fingerprint density at radius 1 is 0.960 bits per heavy atom. The maximum Gasteiger partial charge on any atom is 0.488 e. The van der Waals surface area contributed by atoms with Crippen LogP contribution in [-0.2, 0) is 13.0 Å². The Hall–Kier alpha value is -2.44. The van der Waals surface area contributed by atoms with E-state index in [4.69, 9.17) is 10.0 Å². The third-order valence-electron chi connectivity index (χ3n) is 4.24. The van der Waals surface area contributed by atoms with Crippen LogP contribution in [0.1, 0.15) is 42.1 Å². The lowest BCUT2D eigenvalue weighted by Crippen LogP contribution is -2.29. The standard InChI is InChI=1S/C19H22BN3O2/c1-14(2)17-7-3-16(4-8-17)12-23-13-19(21-22-23)11-15-5-9-18(10-6-15)20(24)25/h3-10,13-14,24-25H,11-12H2,1-2H3. The minimum absolute atomic E-state index is 0.484. The summed E-state index contributed by atoms with van der Waals surface area (Å²) >= 11 is 0. The third kappa shape index (κ3) is 4.56. The van der Waals surface area contributed by atoms with Gasteiger partial charge >= 0.3 is 7.12 Å². The first-order valence-corrected chi connectivity index (χ1v) is 8.44. The molecule has 0 radical (unpaired) electrons. The topological polar surface area (TPSA) is 71.2 Å². The lowest BCUT2D eigenvalue weighted by molar-refractivity contribution is 0.426. The third-order valence-corrected chi connectivity index (χ3v) is 4.24. The highest BCUT2D eigenvalue weighted by molar-refractivity contribution is 6.58. The van der Waals surface area contributed by atoms with Crippen LogP contribution in [0.3, 0.4) is 0 Å². The van der Waals surface area contributed by atoms with Crippen LogP contribution in [0.2, 0.25) is 0 Å². The molecule has 0 spiro atoms. The van der Waals surface area contributed by atoms with Crippen molar-refractivity contribution in [1.29, 1.82) is 0 Å². The highest BCUT2D eigenvalue weighted by Gasteiger charge is 2.10. The molecule has 6 heteroatoms. The van der Waals surface area contributed by atoms with Crippen molar-refractivity contribution in [2.45, 2.75) is 32.7 Å². The monoisotopic (exact) mass is 335 g/mol. The van der Waals surface area contributed by atoms with Crippen molar-refractivity contribution >= 4 is 12.6 Å². The SMILES string of the molecule is CC(C)c1ccc(Cn2cc(Cc3ccc(B(O)O)cc3)nn2)cc1. The molecular weight excluding hydrogens is 313 g/mol. The Kier molecular flexibility index (Phi) is 5.31. The van der Waals surface area contributed by atoms with Gasteiger partial charge in [-0.3, -0.25) is 0 Å². The number of rotatable bonds is 6. The molecule has 0 bridgehead atoms. The van der Waals surface area contributed by atoms with Gasteiger partial charge in [0.2, 0.25) is 0 Å². The zero-order valence-corrected chi connectivity index (χ0v) is 14.5. The number of hydrogen-bond donors (Lipinski definition) is 2. The minimum atomic E-state index is -1.43. The summed E-state index contributed by atoms with van der Waals surface area (Å²) in [5.41, 5.74) is 4.95. The maximum atomic E-state index is 9.13. The van der Waals surface area contributed by atoms with Crippen LogP contribution in [-0.4, -0.2) is 32.2 Å². The van der Waals surface area contributed by atoms with E-state index in [1.807, 2.05) is 23.0 Å². The summed E-state index contributed by atoms with van der Waals surface area (Å²) < 4.78 is 1.84. The smallest absolute Gasteiger partial charge is 0.423 e. The molecule has 1 heterocycles. The van der Waals surface area contributed by atoms with Crippen LogP contribution in [0.15, 0.2) is 54.7 Å². The molecule has 0 atom stereocenters. The van der Waals surface area contributed by atoms with Crippen molar-refractivity contribution in [1.82, 2.24) is 15.0 Å². The van der Waals surface area contributed by atoms with Gasteiger partial charge in [-0.25, -0.2) is 4.68 Å². The second-order valence-corrected chi connectivity index (χ2v) is 6.60. The molecule has 0 amide bonds. The molecular formula is C19H22BN3O2. The molecule has 25 heavy (non-hydrogen) atoms. The van der Waals surface area contributed by atoms with E-state index < -0.39 is 7.12 Å². The van der Waals surface area contributed by atoms with Gasteiger partial charge in [0, 0.05) is 12.6 Å². The van der Waals surface area contributed by atoms with Crippen LogP contribution in [0, 0.1) is 0 Å². The van der Waals surface area contributed by atoms with E-state index in [1.54, 1.807) is 12.1 Å². The molecule has 0 aliphatic rings. The molecule has 1 aromatic heterocycles. The van der Waals surface area contributed by atoms with Crippen LogP contribution in [0.25, 0.3) is 0 Å². The molecule has 3 rings (SSSR count). The van der Waals surface area contributed by atoms with Crippen molar-refractivity contribution in [3.8, 4) is 0 Å². The van der Waals surface area contributed by atoms with Crippen LogP contribution in [0.5, 0.6) is 0 Å². The van der Waals surface area contributed by atoms with Crippen molar-refractivity contribution in [2.24, 2.45) is 0 Å². The molecule has 128 valence electrons. The first-order valence-electron chi connectivity index (χ1n) is 8.44. The molecule has 0 aliphatic heterocycles. The molecule has 0 saturated carbocycles. The Balaban J connectivity index is 1.63. The fraction of sp³-hybridized carbons (Fsp3) is 0.263.